The second-order valence-electron chi connectivity index (χ2n) is 4.50. The second kappa shape index (κ2) is 7.01. The van der Waals surface area contributed by atoms with Crippen LogP contribution in [-0.2, 0) is 6.54 Å². The quantitative estimate of drug-likeness (QED) is 0.857. The summed E-state index contributed by atoms with van der Waals surface area (Å²) in [5.41, 5.74) is 1.87. The van der Waals surface area contributed by atoms with Crippen molar-refractivity contribution in [1.29, 1.82) is 0 Å². The van der Waals surface area contributed by atoms with Gasteiger partial charge in [0.1, 0.15) is 5.75 Å². The van der Waals surface area contributed by atoms with E-state index in [4.69, 9.17) is 0 Å². The van der Waals surface area contributed by atoms with E-state index >= 15 is 0 Å². The van der Waals surface area contributed by atoms with Crippen LogP contribution in [0.1, 0.15) is 24.1 Å². The fourth-order valence-electron chi connectivity index (χ4n) is 1.98. The highest BCUT2D eigenvalue weighted by Crippen LogP contribution is 2.21. The molecule has 1 N–H and O–H groups in total. The van der Waals surface area contributed by atoms with Gasteiger partial charge in [0.05, 0.1) is 0 Å². The van der Waals surface area contributed by atoms with Crippen molar-refractivity contribution in [2.75, 3.05) is 0 Å². The van der Waals surface area contributed by atoms with Crippen molar-refractivity contribution in [3.63, 3.8) is 0 Å². The van der Waals surface area contributed by atoms with Crippen LogP contribution in [0.5, 0.6) is 5.75 Å². The van der Waals surface area contributed by atoms with E-state index in [-0.39, 0.29) is 11.8 Å². The first kappa shape index (κ1) is 14.5. The van der Waals surface area contributed by atoms with E-state index in [1.54, 1.807) is 18.2 Å². The summed E-state index contributed by atoms with van der Waals surface area (Å²) < 4.78 is 29.2. The van der Waals surface area contributed by atoms with Crippen LogP contribution in [0.15, 0.2) is 54.6 Å². The second-order valence-corrected chi connectivity index (χ2v) is 4.50. The molecular weight excluding hydrogens is 260 g/mol. The Bertz CT molecular complexity index is 531. The van der Waals surface area contributed by atoms with Gasteiger partial charge in [0, 0.05) is 18.2 Å². The van der Waals surface area contributed by atoms with E-state index in [9.17, 15) is 8.78 Å². The number of hydrogen-bond donors (Lipinski definition) is 1. The minimum Gasteiger partial charge on any atom is -0.434 e. The van der Waals surface area contributed by atoms with Crippen molar-refractivity contribution in [2.45, 2.75) is 26.1 Å². The summed E-state index contributed by atoms with van der Waals surface area (Å²) in [6.45, 7) is -0.298. The molecule has 0 spiro atoms. The summed E-state index contributed by atoms with van der Waals surface area (Å²) in [6.07, 6.45) is 0. The van der Waals surface area contributed by atoms with Crippen molar-refractivity contribution >= 4 is 0 Å². The fourth-order valence-corrected chi connectivity index (χ4v) is 1.98. The van der Waals surface area contributed by atoms with E-state index in [1.165, 1.54) is 0 Å². The first-order valence-corrected chi connectivity index (χ1v) is 6.48. The Morgan fingerprint density at radius 1 is 1.00 bits per heavy atom. The molecule has 0 aromatic heterocycles. The van der Waals surface area contributed by atoms with Crippen LogP contribution in [0.2, 0.25) is 0 Å². The number of para-hydroxylation sites is 1. The Hall–Kier alpha value is -1.94. The summed E-state index contributed by atoms with van der Waals surface area (Å²) in [6, 6.07) is 16.9. The molecule has 0 heterocycles. The average molecular weight is 277 g/mol. The van der Waals surface area contributed by atoms with Gasteiger partial charge < -0.3 is 10.1 Å². The van der Waals surface area contributed by atoms with Gasteiger partial charge in [0.15, 0.2) is 0 Å². The predicted molar refractivity (Wildman–Crippen MR) is 74.8 cm³/mol. The Labute approximate surface area is 117 Å². The zero-order valence-electron chi connectivity index (χ0n) is 11.2. The zero-order chi connectivity index (χ0) is 14.4. The molecule has 2 aromatic carbocycles. The molecule has 2 nitrogen and oxygen atoms in total. The molecule has 0 radical (unpaired) electrons. The average Bonchev–Trinajstić information content (AvgIpc) is 2.46. The molecule has 0 unspecified atom stereocenters. The fraction of sp³-hybridized carbons (Fsp3) is 0.250. The molecule has 0 saturated carbocycles. The highest BCUT2D eigenvalue weighted by atomic mass is 19.3. The van der Waals surface area contributed by atoms with Gasteiger partial charge >= 0.3 is 6.61 Å². The minimum absolute atomic E-state index is 0.135. The Morgan fingerprint density at radius 2 is 1.65 bits per heavy atom. The number of alkyl halides is 2. The summed E-state index contributed by atoms with van der Waals surface area (Å²) in [5.74, 6) is 0.218. The van der Waals surface area contributed by atoms with Crippen molar-refractivity contribution in [1.82, 2.24) is 5.32 Å². The smallest absolute Gasteiger partial charge is 0.387 e. The molecule has 1 atom stereocenters. The van der Waals surface area contributed by atoms with Crippen LogP contribution < -0.4 is 10.1 Å². The van der Waals surface area contributed by atoms with Gasteiger partial charge in [0.2, 0.25) is 0 Å². The summed E-state index contributed by atoms with van der Waals surface area (Å²) in [4.78, 5) is 0. The molecule has 0 bridgehead atoms. The summed E-state index contributed by atoms with van der Waals surface area (Å²) in [7, 11) is 0. The maximum atomic E-state index is 12.3. The lowest BCUT2D eigenvalue weighted by molar-refractivity contribution is -0.0505. The predicted octanol–water partition coefficient (Wildman–Crippen LogP) is 4.14. The van der Waals surface area contributed by atoms with Gasteiger partial charge in [-0.05, 0) is 18.6 Å². The van der Waals surface area contributed by atoms with E-state index in [0.29, 0.717) is 6.54 Å². The normalized spacial score (nSPS) is 12.4. The lowest BCUT2D eigenvalue weighted by Gasteiger charge is -2.16. The zero-order valence-corrected chi connectivity index (χ0v) is 11.2. The molecule has 4 heteroatoms. The molecule has 2 rings (SSSR count). The van der Waals surface area contributed by atoms with Crippen LogP contribution in [0.25, 0.3) is 0 Å². The molecule has 0 aliphatic rings. The highest BCUT2D eigenvalue weighted by Gasteiger charge is 2.10. The van der Waals surface area contributed by atoms with Crippen molar-refractivity contribution < 1.29 is 13.5 Å². The van der Waals surface area contributed by atoms with E-state index in [2.05, 4.69) is 10.1 Å². The SMILES string of the molecule is C[C@H](NCc1ccccc1OC(F)F)c1ccccc1. The molecule has 106 valence electrons. The number of ether oxygens (including phenoxy) is 1. The molecule has 20 heavy (non-hydrogen) atoms. The third kappa shape index (κ3) is 4.03. The van der Waals surface area contributed by atoms with Crippen LogP contribution in [0.3, 0.4) is 0 Å². The third-order valence-electron chi connectivity index (χ3n) is 3.09. The molecule has 0 amide bonds. The topological polar surface area (TPSA) is 21.3 Å². The van der Waals surface area contributed by atoms with E-state index < -0.39 is 6.61 Å². The summed E-state index contributed by atoms with van der Waals surface area (Å²) >= 11 is 0. The minimum atomic E-state index is -2.80. The number of rotatable bonds is 6. The molecule has 0 aliphatic heterocycles. The van der Waals surface area contributed by atoms with Crippen molar-refractivity contribution in [2.24, 2.45) is 0 Å². The monoisotopic (exact) mass is 277 g/mol. The standard InChI is InChI=1S/C16H17F2NO/c1-12(13-7-3-2-4-8-13)19-11-14-9-5-6-10-15(14)20-16(17)18/h2-10,12,16,19H,11H2,1H3/t12-/m0/s1. The maximum Gasteiger partial charge on any atom is 0.387 e. The molecule has 0 fully saturated rings. The molecule has 0 aliphatic carbocycles. The lowest BCUT2D eigenvalue weighted by Crippen LogP contribution is -2.18. The van der Waals surface area contributed by atoms with Gasteiger partial charge in [-0.25, -0.2) is 0 Å². The third-order valence-corrected chi connectivity index (χ3v) is 3.09. The van der Waals surface area contributed by atoms with Crippen LogP contribution >= 0.6 is 0 Å². The van der Waals surface area contributed by atoms with E-state index in [0.717, 1.165) is 11.1 Å². The van der Waals surface area contributed by atoms with Gasteiger partial charge in [-0.1, -0.05) is 48.5 Å². The Kier molecular flexibility index (Phi) is 5.07. The number of halogens is 2. The van der Waals surface area contributed by atoms with Gasteiger partial charge in [-0.3, -0.25) is 0 Å². The first-order valence-electron chi connectivity index (χ1n) is 6.48. The highest BCUT2D eigenvalue weighted by molar-refractivity contribution is 5.33. The molecular formula is C16H17F2NO. The van der Waals surface area contributed by atoms with Gasteiger partial charge in [-0.2, -0.15) is 8.78 Å². The van der Waals surface area contributed by atoms with E-state index in [1.807, 2.05) is 43.3 Å². The number of nitrogens with one attached hydrogen (secondary N) is 1. The summed E-state index contributed by atoms with van der Waals surface area (Å²) in [5, 5.41) is 3.30. The van der Waals surface area contributed by atoms with Gasteiger partial charge in [0.25, 0.3) is 0 Å². The largest absolute Gasteiger partial charge is 0.434 e. The Morgan fingerprint density at radius 3 is 2.35 bits per heavy atom. The van der Waals surface area contributed by atoms with Crippen molar-refractivity contribution in [3.05, 3.63) is 65.7 Å². The number of benzene rings is 2. The Balaban J connectivity index is 2.00. The lowest BCUT2D eigenvalue weighted by atomic mass is 10.1. The first-order chi connectivity index (χ1) is 9.66. The molecule has 2 aromatic rings. The van der Waals surface area contributed by atoms with Crippen LogP contribution in [0, 0.1) is 0 Å². The molecule has 0 saturated heterocycles. The van der Waals surface area contributed by atoms with Gasteiger partial charge in [-0.15, -0.1) is 0 Å². The van der Waals surface area contributed by atoms with Crippen LogP contribution in [-0.4, -0.2) is 6.61 Å². The number of hydrogen-bond acceptors (Lipinski definition) is 2. The van der Waals surface area contributed by atoms with Crippen LogP contribution in [0.4, 0.5) is 8.78 Å². The maximum absolute atomic E-state index is 12.3. The van der Waals surface area contributed by atoms with Crippen molar-refractivity contribution in [3.8, 4) is 5.75 Å².